The summed E-state index contributed by atoms with van der Waals surface area (Å²) in [7, 11) is -2.82. The van der Waals surface area contributed by atoms with Crippen LogP contribution in [0.25, 0.3) is 5.69 Å². The van der Waals surface area contributed by atoms with Gasteiger partial charge in [-0.2, -0.15) is 4.98 Å². The Hall–Kier alpha value is -3.05. The van der Waals surface area contributed by atoms with Gasteiger partial charge in [-0.1, -0.05) is 0 Å². The molecule has 33 heavy (non-hydrogen) atoms. The molecular weight excluding hydrogens is 450 g/mol. The van der Waals surface area contributed by atoms with Crippen molar-refractivity contribution < 1.29 is 18.6 Å². The van der Waals surface area contributed by atoms with Crippen molar-refractivity contribution >= 4 is 27.2 Å². The van der Waals surface area contributed by atoms with E-state index in [-0.39, 0.29) is 24.7 Å². The SMILES string of the molecule is Cc1cc(Nc2ncn(-c3cc(F)cc(F)c3)n2)cc(N2CCN(C3CS(=O)(=O)C3)CC2)c1.[HH]. The van der Waals surface area contributed by atoms with Gasteiger partial charge in [0, 0.05) is 51.1 Å². The molecule has 0 unspecified atom stereocenters. The van der Waals surface area contributed by atoms with Crippen molar-refractivity contribution in [1.29, 1.82) is 0 Å². The van der Waals surface area contributed by atoms with Gasteiger partial charge in [0.1, 0.15) is 18.0 Å². The first kappa shape index (κ1) is 21.8. The lowest BCUT2D eigenvalue weighted by Gasteiger charge is -2.43. The molecule has 5 rings (SSSR count). The summed E-state index contributed by atoms with van der Waals surface area (Å²) in [6.45, 7) is 5.29. The fourth-order valence-electron chi connectivity index (χ4n) is 4.36. The van der Waals surface area contributed by atoms with Gasteiger partial charge in [0.25, 0.3) is 0 Å². The summed E-state index contributed by atoms with van der Waals surface area (Å²) in [6.07, 6.45) is 1.40. The number of benzene rings is 2. The van der Waals surface area contributed by atoms with Crippen LogP contribution in [0.3, 0.4) is 0 Å². The Balaban J connectivity index is 0.00000274. The van der Waals surface area contributed by atoms with E-state index < -0.39 is 21.5 Å². The first-order valence-electron chi connectivity index (χ1n) is 10.7. The highest BCUT2D eigenvalue weighted by molar-refractivity contribution is 7.92. The second kappa shape index (κ2) is 8.38. The normalized spacial score (nSPS) is 18.8. The van der Waals surface area contributed by atoms with Crippen LogP contribution >= 0.6 is 0 Å². The number of hydrogen-bond donors (Lipinski definition) is 1. The zero-order chi connectivity index (χ0) is 23.2. The van der Waals surface area contributed by atoms with E-state index in [0.717, 1.165) is 49.2 Å². The lowest BCUT2D eigenvalue weighted by molar-refractivity contribution is 0.202. The molecule has 11 heteroatoms. The zero-order valence-corrected chi connectivity index (χ0v) is 18.9. The minimum atomic E-state index is -2.82. The molecule has 2 aliphatic rings. The van der Waals surface area contributed by atoms with Crippen molar-refractivity contribution in [2.75, 3.05) is 47.9 Å². The summed E-state index contributed by atoms with van der Waals surface area (Å²) in [4.78, 5) is 8.75. The van der Waals surface area contributed by atoms with Gasteiger partial charge in [-0.15, -0.1) is 5.10 Å². The van der Waals surface area contributed by atoms with E-state index in [0.29, 0.717) is 5.95 Å². The smallest absolute Gasteiger partial charge is 0.246 e. The molecule has 2 saturated heterocycles. The standard InChI is InChI=1S/C22H24F2N6O2S.H2/c1-15-6-18(26-22-25-14-30(27-22)20-9-16(23)8-17(24)10-20)11-19(7-15)28-2-4-29(5-3-28)21-12-33(31,32)13-21;/h6-11,14,21H,2-5,12-13H2,1H3,(H,26,27);1H. The Morgan fingerprint density at radius 1 is 0.970 bits per heavy atom. The summed E-state index contributed by atoms with van der Waals surface area (Å²) in [6, 6.07) is 9.42. The van der Waals surface area contributed by atoms with Crippen molar-refractivity contribution in [1.82, 2.24) is 19.7 Å². The number of anilines is 3. The number of aryl methyl sites for hydroxylation is 1. The molecule has 176 valence electrons. The molecule has 0 bridgehead atoms. The Morgan fingerprint density at radius 2 is 1.67 bits per heavy atom. The molecule has 3 heterocycles. The fourth-order valence-corrected chi connectivity index (χ4v) is 5.85. The summed E-state index contributed by atoms with van der Waals surface area (Å²) < 4.78 is 51.3. The quantitative estimate of drug-likeness (QED) is 0.606. The number of sulfone groups is 1. The molecule has 0 spiro atoms. The van der Waals surface area contributed by atoms with Crippen molar-refractivity contribution in [3.05, 3.63) is 59.9 Å². The van der Waals surface area contributed by atoms with Crippen LogP contribution in [0.15, 0.2) is 42.7 Å². The number of nitrogens with zero attached hydrogens (tertiary/aromatic N) is 5. The number of aromatic nitrogens is 3. The van der Waals surface area contributed by atoms with Gasteiger partial charge in [-0.25, -0.2) is 21.9 Å². The van der Waals surface area contributed by atoms with Crippen molar-refractivity contribution in [2.45, 2.75) is 13.0 Å². The van der Waals surface area contributed by atoms with Gasteiger partial charge < -0.3 is 10.2 Å². The molecule has 3 aromatic rings. The van der Waals surface area contributed by atoms with Crippen LogP contribution in [0.2, 0.25) is 0 Å². The van der Waals surface area contributed by atoms with Crippen LogP contribution in [-0.2, 0) is 9.84 Å². The number of rotatable bonds is 5. The molecular formula is C22H26F2N6O2S. The second-order valence-electron chi connectivity index (χ2n) is 8.58. The Bertz CT molecular complexity index is 1260. The Kier molecular flexibility index (Phi) is 5.53. The number of nitrogens with one attached hydrogen (secondary N) is 1. The molecule has 0 radical (unpaired) electrons. The summed E-state index contributed by atoms with van der Waals surface area (Å²) in [5, 5.41) is 7.44. The maximum atomic E-state index is 13.5. The van der Waals surface area contributed by atoms with Crippen LogP contribution < -0.4 is 10.2 Å². The first-order valence-corrected chi connectivity index (χ1v) is 12.5. The van der Waals surface area contributed by atoms with Crippen molar-refractivity contribution in [2.24, 2.45) is 0 Å². The van der Waals surface area contributed by atoms with Gasteiger partial charge in [-0.3, -0.25) is 4.90 Å². The van der Waals surface area contributed by atoms with Crippen LogP contribution in [-0.4, -0.2) is 71.8 Å². The van der Waals surface area contributed by atoms with E-state index in [1.165, 1.54) is 23.1 Å². The number of hydrogen-bond acceptors (Lipinski definition) is 7. The molecule has 1 aromatic heterocycles. The monoisotopic (exact) mass is 476 g/mol. The average Bonchev–Trinajstić information content (AvgIpc) is 3.19. The van der Waals surface area contributed by atoms with Crippen molar-refractivity contribution in [3.63, 3.8) is 0 Å². The first-order chi connectivity index (χ1) is 15.7. The molecule has 0 saturated carbocycles. The maximum Gasteiger partial charge on any atom is 0.246 e. The van der Waals surface area contributed by atoms with Crippen LogP contribution in [0.4, 0.5) is 26.1 Å². The van der Waals surface area contributed by atoms with E-state index in [2.05, 4.69) is 31.3 Å². The lowest BCUT2D eigenvalue weighted by Crippen LogP contribution is -2.59. The van der Waals surface area contributed by atoms with E-state index in [1.54, 1.807) is 0 Å². The average molecular weight is 477 g/mol. The Labute approximate surface area is 192 Å². The highest BCUT2D eigenvalue weighted by Crippen LogP contribution is 2.27. The zero-order valence-electron chi connectivity index (χ0n) is 18.1. The third-order valence-corrected chi connectivity index (χ3v) is 7.80. The highest BCUT2D eigenvalue weighted by Gasteiger charge is 2.38. The molecule has 0 atom stereocenters. The summed E-state index contributed by atoms with van der Waals surface area (Å²) >= 11 is 0. The Morgan fingerprint density at radius 3 is 2.33 bits per heavy atom. The molecule has 1 N–H and O–H groups in total. The lowest BCUT2D eigenvalue weighted by atomic mass is 10.1. The second-order valence-corrected chi connectivity index (χ2v) is 10.7. The van der Waals surface area contributed by atoms with Gasteiger partial charge in [-0.05, 0) is 42.8 Å². The summed E-state index contributed by atoms with van der Waals surface area (Å²) in [5.74, 6) is -0.511. The molecule has 2 fully saturated rings. The predicted molar refractivity (Wildman–Crippen MR) is 124 cm³/mol. The largest absolute Gasteiger partial charge is 0.369 e. The van der Waals surface area contributed by atoms with E-state index in [1.807, 2.05) is 19.1 Å². The van der Waals surface area contributed by atoms with Gasteiger partial charge in [0.2, 0.25) is 5.95 Å². The van der Waals surface area contributed by atoms with Crippen molar-refractivity contribution in [3.8, 4) is 5.69 Å². The number of halogens is 2. The molecule has 0 aliphatic carbocycles. The summed E-state index contributed by atoms with van der Waals surface area (Å²) in [5.41, 5.74) is 3.18. The minimum Gasteiger partial charge on any atom is -0.369 e. The molecule has 2 aromatic carbocycles. The molecule has 2 aliphatic heterocycles. The molecule has 0 amide bonds. The molecule has 8 nitrogen and oxygen atoms in total. The highest BCUT2D eigenvalue weighted by atomic mass is 32.2. The van der Waals surface area contributed by atoms with E-state index in [9.17, 15) is 17.2 Å². The van der Waals surface area contributed by atoms with Crippen LogP contribution in [0.1, 0.15) is 6.99 Å². The van der Waals surface area contributed by atoms with Crippen LogP contribution in [0.5, 0.6) is 0 Å². The van der Waals surface area contributed by atoms with Gasteiger partial charge >= 0.3 is 0 Å². The van der Waals surface area contributed by atoms with Gasteiger partial charge in [0.15, 0.2) is 9.84 Å². The minimum absolute atomic E-state index is 0. The maximum absolute atomic E-state index is 13.5. The predicted octanol–water partition coefficient (Wildman–Crippen LogP) is 2.76. The third kappa shape index (κ3) is 4.83. The van der Waals surface area contributed by atoms with E-state index in [4.69, 9.17) is 0 Å². The number of piperazine rings is 1. The van der Waals surface area contributed by atoms with E-state index >= 15 is 0 Å². The third-order valence-electron chi connectivity index (χ3n) is 6.01. The van der Waals surface area contributed by atoms with Crippen LogP contribution in [0, 0.1) is 18.6 Å². The fraction of sp³-hybridized carbons (Fsp3) is 0.364. The topological polar surface area (TPSA) is 83.4 Å². The van der Waals surface area contributed by atoms with Gasteiger partial charge in [0.05, 0.1) is 17.2 Å².